The Bertz CT molecular complexity index is 849. The zero-order valence-electron chi connectivity index (χ0n) is 13.1. The molecule has 1 aliphatic rings. The highest BCUT2D eigenvalue weighted by Gasteiger charge is 2.34. The molecule has 2 aromatic carbocycles. The molecule has 0 saturated heterocycles. The lowest BCUT2D eigenvalue weighted by Crippen LogP contribution is -2.33. The van der Waals surface area contributed by atoms with Gasteiger partial charge in [0.2, 0.25) is 0 Å². The fraction of sp³-hybridized carbons (Fsp3) is 0.263. The van der Waals surface area contributed by atoms with Gasteiger partial charge in [0, 0.05) is 18.0 Å². The number of H-pyrrole nitrogens is 1. The Labute approximate surface area is 135 Å². The fourth-order valence-electron chi connectivity index (χ4n) is 2.96. The lowest BCUT2D eigenvalue weighted by atomic mass is 10.1. The van der Waals surface area contributed by atoms with Gasteiger partial charge in [-0.05, 0) is 37.5 Å². The average Bonchev–Trinajstić information content (AvgIpc) is 3.32. The number of hydrogen-bond acceptors (Lipinski definition) is 2. The van der Waals surface area contributed by atoms with Crippen molar-refractivity contribution in [3.8, 4) is 0 Å². The summed E-state index contributed by atoms with van der Waals surface area (Å²) in [4.78, 5) is 15.0. The Morgan fingerprint density at radius 1 is 1.22 bits per heavy atom. The molecule has 0 atom stereocenters. The minimum absolute atomic E-state index is 0.0215. The van der Waals surface area contributed by atoms with Crippen LogP contribution in [0.5, 0.6) is 0 Å². The van der Waals surface area contributed by atoms with Crippen molar-refractivity contribution in [3.05, 3.63) is 65.4 Å². The molecule has 1 fully saturated rings. The maximum absolute atomic E-state index is 13.1. The molecular formula is C19H19N3O. The topological polar surface area (TPSA) is 49.0 Å². The number of rotatable bonds is 4. The molecule has 0 bridgehead atoms. The predicted octanol–water partition coefficient (Wildman–Crippen LogP) is 3.68. The van der Waals surface area contributed by atoms with Gasteiger partial charge in [-0.1, -0.05) is 42.0 Å². The maximum Gasteiger partial charge on any atom is 0.275 e. The van der Waals surface area contributed by atoms with Gasteiger partial charge >= 0.3 is 0 Å². The highest BCUT2D eigenvalue weighted by Crippen LogP contribution is 2.31. The number of aromatic nitrogens is 2. The Morgan fingerprint density at radius 3 is 2.74 bits per heavy atom. The first kappa shape index (κ1) is 14.0. The number of fused-ring (bicyclic) bond motifs is 1. The highest BCUT2D eigenvalue weighted by molar-refractivity contribution is 6.05. The van der Waals surface area contributed by atoms with E-state index in [-0.39, 0.29) is 5.91 Å². The largest absolute Gasteiger partial charge is 0.330 e. The molecule has 0 unspecified atom stereocenters. The van der Waals surface area contributed by atoms with Crippen molar-refractivity contribution in [2.24, 2.45) is 0 Å². The molecular weight excluding hydrogens is 286 g/mol. The Kier molecular flexibility index (Phi) is 3.37. The fourth-order valence-corrected chi connectivity index (χ4v) is 2.96. The minimum Gasteiger partial charge on any atom is -0.330 e. The van der Waals surface area contributed by atoms with E-state index in [2.05, 4.69) is 22.3 Å². The molecule has 1 N–H and O–H groups in total. The number of nitrogens with zero attached hydrogens (tertiary/aromatic N) is 2. The summed E-state index contributed by atoms with van der Waals surface area (Å²) in [6, 6.07) is 16.5. The zero-order chi connectivity index (χ0) is 15.8. The standard InChI is InChI=1S/C19H19N3O/c1-13-7-10-17-16(11-13)18(21-20-17)19(23)22(15-8-9-15)12-14-5-3-2-4-6-14/h2-7,10-11,15H,8-9,12H2,1H3,(H,20,21). The molecule has 0 spiro atoms. The molecule has 1 heterocycles. The number of hydrogen-bond donors (Lipinski definition) is 1. The van der Waals surface area contributed by atoms with Gasteiger partial charge in [-0.3, -0.25) is 9.89 Å². The van der Waals surface area contributed by atoms with Crippen molar-refractivity contribution in [3.63, 3.8) is 0 Å². The third-order valence-corrected chi connectivity index (χ3v) is 4.37. The lowest BCUT2D eigenvalue weighted by Gasteiger charge is -2.21. The van der Waals surface area contributed by atoms with Crippen LogP contribution in [0.25, 0.3) is 10.9 Å². The summed E-state index contributed by atoms with van der Waals surface area (Å²) in [5.74, 6) is 0.0215. The number of aryl methyl sites for hydroxylation is 1. The first-order valence-electron chi connectivity index (χ1n) is 8.02. The van der Waals surface area contributed by atoms with Crippen LogP contribution in [0.4, 0.5) is 0 Å². The van der Waals surface area contributed by atoms with Crippen LogP contribution in [0.3, 0.4) is 0 Å². The average molecular weight is 305 g/mol. The molecule has 1 amide bonds. The second-order valence-corrected chi connectivity index (χ2v) is 6.27. The number of carbonyl (C=O) groups excluding carboxylic acids is 1. The SMILES string of the molecule is Cc1ccc2[nH]nc(C(=O)N(Cc3ccccc3)C3CC3)c2c1. The molecule has 4 nitrogen and oxygen atoms in total. The van der Waals surface area contributed by atoms with Crippen molar-refractivity contribution < 1.29 is 4.79 Å². The van der Waals surface area contributed by atoms with E-state index >= 15 is 0 Å². The summed E-state index contributed by atoms with van der Waals surface area (Å²) in [6.45, 7) is 2.67. The minimum atomic E-state index is 0.0215. The summed E-state index contributed by atoms with van der Waals surface area (Å²) in [7, 11) is 0. The maximum atomic E-state index is 13.1. The zero-order valence-corrected chi connectivity index (χ0v) is 13.1. The van der Waals surface area contributed by atoms with E-state index in [9.17, 15) is 4.79 Å². The third kappa shape index (κ3) is 2.72. The summed E-state index contributed by atoms with van der Waals surface area (Å²) >= 11 is 0. The summed E-state index contributed by atoms with van der Waals surface area (Å²) < 4.78 is 0. The third-order valence-electron chi connectivity index (χ3n) is 4.37. The van der Waals surface area contributed by atoms with Gasteiger partial charge in [0.05, 0.1) is 5.52 Å². The summed E-state index contributed by atoms with van der Waals surface area (Å²) in [5.41, 5.74) is 3.73. The number of amides is 1. The van der Waals surface area contributed by atoms with Crippen LogP contribution in [0.15, 0.2) is 48.5 Å². The van der Waals surface area contributed by atoms with Crippen molar-refractivity contribution in [2.45, 2.75) is 32.4 Å². The summed E-state index contributed by atoms with van der Waals surface area (Å²) in [6.07, 6.45) is 2.17. The molecule has 4 heteroatoms. The van der Waals surface area contributed by atoms with E-state index in [1.807, 2.05) is 48.2 Å². The van der Waals surface area contributed by atoms with Crippen LogP contribution >= 0.6 is 0 Å². The van der Waals surface area contributed by atoms with Crippen LogP contribution in [0.1, 0.15) is 34.5 Å². The second kappa shape index (κ2) is 5.54. The van der Waals surface area contributed by atoms with Gasteiger partial charge in [0.25, 0.3) is 5.91 Å². The van der Waals surface area contributed by atoms with Gasteiger partial charge in [-0.25, -0.2) is 0 Å². The number of nitrogens with one attached hydrogen (secondary N) is 1. The molecule has 3 aromatic rings. The quantitative estimate of drug-likeness (QED) is 0.799. The van der Waals surface area contributed by atoms with E-state index in [4.69, 9.17) is 0 Å². The molecule has 0 radical (unpaired) electrons. The van der Waals surface area contributed by atoms with E-state index in [1.165, 1.54) is 0 Å². The molecule has 0 aliphatic heterocycles. The number of benzene rings is 2. The molecule has 1 aromatic heterocycles. The molecule has 4 rings (SSSR count). The van der Waals surface area contributed by atoms with Gasteiger partial charge in [0.15, 0.2) is 5.69 Å². The van der Waals surface area contributed by atoms with Crippen molar-refractivity contribution in [1.29, 1.82) is 0 Å². The van der Waals surface area contributed by atoms with E-state index in [0.717, 1.165) is 34.9 Å². The van der Waals surface area contributed by atoms with Crippen LogP contribution in [0, 0.1) is 6.92 Å². The lowest BCUT2D eigenvalue weighted by molar-refractivity contribution is 0.0726. The predicted molar refractivity (Wildman–Crippen MR) is 90.2 cm³/mol. The molecule has 23 heavy (non-hydrogen) atoms. The molecule has 1 saturated carbocycles. The highest BCUT2D eigenvalue weighted by atomic mass is 16.2. The number of aromatic amines is 1. The van der Waals surface area contributed by atoms with Gasteiger partial charge < -0.3 is 4.90 Å². The molecule has 1 aliphatic carbocycles. The normalized spacial score (nSPS) is 14.1. The Morgan fingerprint density at radius 2 is 2.00 bits per heavy atom. The van der Waals surface area contributed by atoms with Crippen molar-refractivity contribution in [1.82, 2.24) is 15.1 Å². The molecule has 116 valence electrons. The summed E-state index contributed by atoms with van der Waals surface area (Å²) in [5, 5.41) is 8.18. The van der Waals surface area contributed by atoms with Gasteiger partial charge in [-0.15, -0.1) is 0 Å². The van der Waals surface area contributed by atoms with Gasteiger partial charge in [0.1, 0.15) is 0 Å². The first-order chi connectivity index (χ1) is 11.2. The Hall–Kier alpha value is -2.62. The van der Waals surface area contributed by atoms with Crippen LogP contribution < -0.4 is 0 Å². The van der Waals surface area contributed by atoms with E-state index in [1.54, 1.807) is 0 Å². The van der Waals surface area contributed by atoms with Crippen molar-refractivity contribution in [2.75, 3.05) is 0 Å². The monoisotopic (exact) mass is 305 g/mol. The van der Waals surface area contributed by atoms with Gasteiger partial charge in [-0.2, -0.15) is 5.10 Å². The van der Waals surface area contributed by atoms with Crippen LogP contribution in [0.2, 0.25) is 0 Å². The second-order valence-electron chi connectivity index (χ2n) is 6.27. The Balaban J connectivity index is 1.68. The number of carbonyl (C=O) groups is 1. The van der Waals surface area contributed by atoms with Crippen LogP contribution in [-0.4, -0.2) is 27.0 Å². The van der Waals surface area contributed by atoms with E-state index < -0.39 is 0 Å². The van der Waals surface area contributed by atoms with Crippen LogP contribution in [-0.2, 0) is 6.54 Å². The van der Waals surface area contributed by atoms with Crippen molar-refractivity contribution >= 4 is 16.8 Å². The smallest absolute Gasteiger partial charge is 0.275 e. The van der Waals surface area contributed by atoms with E-state index in [0.29, 0.717) is 18.3 Å². The first-order valence-corrected chi connectivity index (χ1v) is 8.02.